The van der Waals surface area contributed by atoms with Gasteiger partial charge in [-0.3, -0.25) is 0 Å². The van der Waals surface area contributed by atoms with Crippen LogP contribution in [0.4, 0.5) is 0 Å². The van der Waals surface area contributed by atoms with Gasteiger partial charge in [0.2, 0.25) is 0 Å². The van der Waals surface area contributed by atoms with Gasteiger partial charge in [-0.25, -0.2) is 0 Å². The number of nitrogens with zero attached hydrogens (tertiary/aromatic N) is 3. The van der Waals surface area contributed by atoms with Crippen LogP contribution in [0.25, 0.3) is 0 Å². The average Bonchev–Trinajstić information content (AvgIpc) is 2.71. The summed E-state index contributed by atoms with van der Waals surface area (Å²) in [5.74, 6) is 2.13. The van der Waals surface area contributed by atoms with E-state index in [0.717, 1.165) is 18.2 Å². The van der Waals surface area contributed by atoms with Crippen molar-refractivity contribution in [1.82, 2.24) is 14.8 Å². The summed E-state index contributed by atoms with van der Waals surface area (Å²) in [5.41, 5.74) is 6.11. The maximum absolute atomic E-state index is 6.02. The number of rotatable bonds is 3. The third-order valence-electron chi connectivity index (χ3n) is 3.93. The van der Waals surface area contributed by atoms with E-state index in [-0.39, 0.29) is 5.41 Å². The van der Waals surface area contributed by atoms with Crippen molar-refractivity contribution in [2.24, 2.45) is 5.73 Å². The molecule has 1 aliphatic rings. The first-order valence-corrected chi connectivity index (χ1v) is 6.34. The Hall–Kier alpha value is -0.900. The molecule has 1 saturated carbocycles. The molecule has 1 aromatic rings. The first kappa shape index (κ1) is 11.6. The Kier molecular flexibility index (Phi) is 3.28. The second-order valence-corrected chi connectivity index (χ2v) is 4.86. The highest BCUT2D eigenvalue weighted by Gasteiger charge is 2.37. The van der Waals surface area contributed by atoms with Gasteiger partial charge in [-0.1, -0.05) is 19.3 Å². The fourth-order valence-corrected chi connectivity index (χ4v) is 2.90. The second-order valence-electron chi connectivity index (χ2n) is 4.86. The van der Waals surface area contributed by atoms with E-state index in [2.05, 4.69) is 21.7 Å². The number of hydrogen-bond donors (Lipinski definition) is 1. The summed E-state index contributed by atoms with van der Waals surface area (Å²) in [4.78, 5) is 0. The van der Waals surface area contributed by atoms with E-state index < -0.39 is 0 Å². The standard InChI is InChI=1S/C12H22N4/c1-3-16-10(2)14-15-11(16)12(9-13)7-5-4-6-8-12/h3-9,13H2,1-2H3. The molecule has 0 bridgehead atoms. The molecule has 0 amide bonds. The Morgan fingerprint density at radius 1 is 1.25 bits per heavy atom. The molecule has 0 saturated heterocycles. The van der Waals surface area contributed by atoms with Gasteiger partial charge in [0.25, 0.3) is 0 Å². The van der Waals surface area contributed by atoms with Crippen LogP contribution in [0, 0.1) is 6.92 Å². The molecule has 0 radical (unpaired) electrons. The van der Waals surface area contributed by atoms with Gasteiger partial charge < -0.3 is 10.3 Å². The molecule has 90 valence electrons. The maximum atomic E-state index is 6.02. The number of aromatic nitrogens is 3. The van der Waals surface area contributed by atoms with E-state index in [1.807, 2.05) is 6.92 Å². The fourth-order valence-electron chi connectivity index (χ4n) is 2.90. The lowest BCUT2D eigenvalue weighted by molar-refractivity contribution is 0.276. The van der Waals surface area contributed by atoms with E-state index in [4.69, 9.17) is 5.73 Å². The Balaban J connectivity index is 2.38. The van der Waals surface area contributed by atoms with Crippen LogP contribution in [0.3, 0.4) is 0 Å². The van der Waals surface area contributed by atoms with Crippen LogP contribution in [-0.4, -0.2) is 21.3 Å². The number of nitrogens with two attached hydrogens (primary N) is 1. The Morgan fingerprint density at radius 3 is 2.50 bits per heavy atom. The number of aryl methyl sites for hydroxylation is 1. The van der Waals surface area contributed by atoms with Gasteiger partial charge in [-0.05, 0) is 26.7 Å². The summed E-state index contributed by atoms with van der Waals surface area (Å²) in [6.07, 6.45) is 6.21. The highest BCUT2D eigenvalue weighted by Crippen LogP contribution is 2.37. The molecule has 0 atom stereocenters. The van der Waals surface area contributed by atoms with Gasteiger partial charge in [0.1, 0.15) is 11.6 Å². The van der Waals surface area contributed by atoms with Crippen LogP contribution in [0.15, 0.2) is 0 Å². The van der Waals surface area contributed by atoms with Gasteiger partial charge in [-0.15, -0.1) is 10.2 Å². The summed E-state index contributed by atoms with van der Waals surface area (Å²) in [7, 11) is 0. The molecule has 2 rings (SSSR count). The lowest BCUT2D eigenvalue weighted by Gasteiger charge is -2.35. The zero-order valence-corrected chi connectivity index (χ0v) is 10.4. The molecule has 2 N–H and O–H groups in total. The third kappa shape index (κ3) is 1.75. The first-order chi connectivity index (χ1) is 7.73. The van der Waals surface area contributed by atoms with Gasteiger partial charge in [-0.2, -0.15) is 0 Å². The lowest BCUT2D eigenvalue weighted by Crippen LogP contribution is -2.39. The summed E-state index contributed by atoms with van der Waals surface area (Å²) in [6, 6.07) is 0. The largest absolute Gasteiger partial charge is 0.329 e. The van der Waals surface area contributed by atoms with Crippen LogP contribution in [0.5, 0.6) is 0 Å². The van der Waals surface area contributed by atoms with Gasteiger partial charge in [0.05, 0.1) is 0 Å². The minimum atomic E-state index is 0.0928. The molecule has 4 nitrogen and oxygen atoms in total. The monoisotopic (exact) mass is 222 g/mol. The molecule has 4 heteroatoms. The summed E-state index contributed by atoms with van der Waals surface area (Å²) < 4.78 is 2.22. The van der Waals surface area contributed by atoms with Crippen LogP contribution < -0.4 is 5.73 Å². The third-order valence-corrected chi connectivity index (χ3v) is 3.93. The van der Waals surface area contributed by atoms with Crippen molar-refractivity contribution in [3.63, 3.8) is 0 Å². The zero-order chi connectivity index (χ0) is 11.6. The molecular formula is C12H22N4. The molecule has 0 spiro atoms. The van der Waals surface area contributed by atoms with Gasteiger partial charge >= 0.3 is 0 Å². The van der Waals surface area contributed by atoms with Crippen molar-refractivity contribution < 1.29 is 0 Å². The van der Waals surface area contributed by atoms with E-state index in [9.17, 15) is 0 Å². The van der Waals surface area contributed by atoms with E-state index in [1.165, 1.54) is 32.1 Å². The highest BCUT2D eigenvalue weighted by atomic mass is 15.3. The fraction of sp³-hybridized carbons (Fsp3) is 0.833. The van der Waals surface area contributed by atoms with Crippen molar-refractivity contribution in [2.75, 3.05) is 6.54 Å². The second kappa shape index (κ2) is 4.53. The lowest BCUT2D eigenvalue weighted by atomic mass is 9.73. The van der Waals surface area contributed by atoms with E-state index >= 15 is 0 Å². The van der Waals surface area contributed by atoms with Gasteiger partial charge in [0.15, 0.2) is 0 Å². The minimum Gasteiger partial charge on any atom is -0.329 e. The maximum Gasteiger partial charge on any atom is 0.140 e. The predicted molar refractivity (Wildman–Crippen MR) is 64.3 cm³/mol. The van der Waals surface area contributed by atoms with Gasteiger partial charge in [0, 0.05) is 18.5 Å². The van der Waals surface area contributed by atoms with Crippen molar-refractivity contribution in [3.8, 4) is 0 Å². The highest BCUT2D eigenvalue weighted by molar-refractivity contribution is 5.12. The predicted octanol–water partition coefficient (Wildman–Crippen LogP) is 1.77. The molecule has 1 aromatic heterocycles. The van der Waals surface area contributed by atoms with Crippen molar-refractivity contribution in [1.29, 1.82) is 0 Å². The van der Waals surface area contributed by atoms with Crippen molar-refractivity contribution in [3.05, 3.63) is 11.6 Å². The van der Waals surface area contributed by atoms with Crippen molar-refractivity contribution >= 4 is 0 Å². The van der Waals surface area contributed by atoms with Crippen LogP contribution in [-0.2, 0) is 12.0 Å². The molecule has 16 heavy (non-hydrogen) atoms. The number of hydrogen-bond acceptors (Lipinski definition) is 3. The summed E-state index contributed by atoms with van der Waals surface area (Å²) >= 11 is 0. The first-order valence-electron chi connectivity index (χ1n) is 6.34. The smallest absolute Gasteiger partial charge is 0.140 e. The zero-order valence-electron chi connectivity index (χ0n) is 10.4. The topological polar surface area (TPSA) is 56.7 Å². The summed E-state index contributed by atoms with van der Waals surface area (Å²) in [6.45, 7) is 5.81. The minimum absolute atomic E-state index is 0.0928. The van der Waals surface area contributed by atoms with Crippen LogP contribution in [0.2, 0.25) is 0 Å². The Morgan fingerprint density at radius 2 is 1.94 bits per heavy atom. The average molecular weight is 222 g/mol. The Labute approximate surface area is 97.2 Å². The van der Waals surface area contributed by atoms with E-state index in [1.54, 1.807) is 0 Å². The quantitative estimate of drug-likeness (QED) is 0.848. The van der Waals surface area contributed by atoms with Crippen molar-refractivity contribution in [2.45, 2.75) is 57.9 Å². The molecule has 0 aromatic carbocycles. The molecule has 0 unspecified atom stereocenters. The van der Waals surface area contributed by atoms with Crippen LogP contribution in [0.1, 0.15) is 50.7 Å². The van der Waals surface area contributed by atoms with Crippen LogP contribution >= 0.6 is 0 Å². The molecule has 0 aliphatic heterocycles. The molecule has 1 fully saturated rings. The SMILES string of the molecule is CCn1c(C)nnc1C1(CN)CCCCC1. The molecular weight excluding hydrogens is 200 g/mol. The normalized spacial score (nSPS) is 19.9. The Bertz CT molecular complexity index is 350. The summed E-state index contributed by atoms with van der Waals surface area (Å²) in [5, 5.41) is 8.60. The van der Waals surface area contributed by atoms with E-state index in [0.29, 0.717) is 6.54 Å². The molecule has 1 aliphatic carbocycles. The molecule has 1 heterocycles.